The molecule has 3 heteroatoms. The Balaban J connectivity index is 1.43. The number of ether oxygens (including phenoxy) is 1. The van der Waals surface area contributed by atoms with Gasteiger partial charge in [0.15, 0.2) is 0 Å². The van der Waals surface area contributed by atoms with E-state index < -0.39 is 0 Å². The van der Waals surface area contributed by atoms with Crippen LogP contribution < -0.4 is 10.1 Å². The molecule has 2 fully saturated rings. The summed E-state index contributed by atoms with van der Waals surface area (Å²) in [7, 11) is 0. The molecule has 120 valence electrons. The van der Waals surface area contributed by atoms with Gasteiger partial charge < -0.3 is 15.0 Å². The molecule has 0 spiro atoms. The Bertz CT molecular complexity index is 530. The highest BCUT2D eigenvalue weighted by Crippen LogP contribution is 2.40. The SMILES string of the molecule is CC1(C)C[C@H](NC2CCN(C3CC3)CC2)c2ccccc2O1. The molecular formula is C19H28N2O. The predicted octanol–water partition coefficient (Wildman–Crippen LogP) is 3.51. The van der Waals surface area contributed by atoms with E-state index in [0.717, 1.165) is 18.2 Å². The van der Waals surface area contributed by atoms with E-state index in [1.807, 2.05) is 0 Å². The lowest BCUT2D eigenvalue weighted by Gasteiger charge is -2.41. The van der Waals surface area contributed by atoms with Gasteiger partial charge in [0.05, 0.1) is 0 Å². The Morgan fingerprint density at radius 2 is 1.82 bits per heavy atom. The Hall–Kier alpha value is -1.06. The van der Waals surface area contributed by atoms with E-state index in [4.69, 9.17) is 4.74 Å². The van der Waals surface area contributed by atoms with Crippen LogP contribution in [0.2, 0.25) is 0 Å². The van der Waals surface area contributed by atoms with Gasteiger partial charge in [-0.15, -0.1) is 0 Å². The van der Waals surface area contributed by atoms with Gasteiger partial charge in [0.25, 0.3) is 0 Å². The topological polar surface area (TPSA) is 24.5 Å². The molecule has 1 aromatic rings. The number of piperidine rings is 1. The van der Waals surface area contributed by atoms with Crippen molar-refractivity contribution < 1.29 is 4.74 Å². The number of nitrogens with one attached hydrogen (secondary N) is 1. The summed E-state index contributed by atoms with van der Waals surface area (Å²) in [5.41, 5.74) is 1.26. The highest BCUT2D eigenvalue weighted by atomic mass is 16.5. The third kappa shape index (κ3) is 3.02. The van der Waals surface area contributed by atoms with E-state index in [0.29, 0.717) is 12.1 Å². The maximum absolute atomic E-state index is 6.15. The lowest BCUT2D eigenvalue weighted by atomic mass is 9.88. The summed E-state index contributed by atoms with van der Waals surface area (Å²) in [6.45, 7) is 6.95. The lowest BCUT2D eigenvalue weighted by molar-refractivity contribution is 0.0604. The van der Waals surface area contributed by atoms with E-state index in [-0.39, 0.29) is 5.60 Å². The van der Waals surface area contributed by atoms with Crippen LogP contribution in [0.15, 0.2) is 24.3 Å². The van der Waals surface area contributed by atoms with Crippen LogP contribution in [-0.4, -0.2) is 35.7 Å². The fourth-order valence-electron chi connectivity index (χ4n) is 4.11. The minimum absolute atomic E-state index is 0.0826. The van der Waals surface area contributed by atoms with Crippen molar-refractivity contribution in [2.45, 2.75) is 69.7 Å². The second kappa shape index (κ2) is 5.54. The van der Waals surface area contributed by atoms with Crippen LogP contribution in [0, 0.1) is 0 Å². The minimum atomic E-state index is -0.0826. The highest BCUT2D eigenvalue weighted by molar-refractivity contribution is 5.38. The normalized spacial score (nSPS) is 28.9. The van der Waals surface area contributed by atoms with Crippen molar-refractivity contribution in [3.05, 3.63) is 29.8 Å². The van der Waals surface area contributed by atoms with Crippen molar-refractivity contribution in [3.63, 3.8) is 0 Å². The Morgan fingerprint density at radius 1 is 1.09 bits per heavy atom. The fourth-order valence-corrected chi connectivity index (χ4v) is 4.11. The quantitative estimate of drug-likeness (QED) is 0.924. The van der Waals surface area contributed by atoms with Crippen LogP contribution >= 0.6 is 0 Å². The second-order valence-electron chi connectivity index (χ2n) is 7.86. The number of hydrogen-bond acceptors (Lipinski definition) is 3. The van der Waals surface area contributed by atoms with Crippen LogP contribution in [0.25, 0.3) is 0 Å². The van der Waals surface area contributed by atoms with Crippen molar-refractivity contribution in [2.75, 3.05) is 13.1 Å². The van der Waals surface area contributed by atoms with Gasteiger partial charge in [0, 0.05) is 30.1 Å². The molecule has 1 aromatic carbocycles. The molecule has 1 aliphatic carbocycles. The predicted molar refractivity (Wildman–Crippen MR) is 89.3 cm³/mol. The van der Waals surface area contributed by atoms with Gasteiger partial charge >= 0.3 is 0 Å². The maximum atomic E-state index is 6.15. The summed E-state index contributed by atoms with van der Waals surface area (Å²) in [5.74, 6) is 1.06. The summed E-state index contributed by atoms with van der Waals surface area (Å²) in [4.78, 5) is 2.69. The van der Waals surface area contributed by atoms with E-state index in [9.17, 15) is 0 Å². The molecule has 1 saturated carbocycles. The van der Waals surface area contributed by atoms with E-state index in [2.05, 4.69) is 48.3 Å². The first kappa shape index (κ1) is 14.5. The molecule has 0 bridgehead atoms. The number of rotatable bonds is 3. The molecule has 2 aliphatic heterocycles. The molecular weight excluding hydrogens is 272 g/mol. The minimum Gasteiger partial charge on any atom is -0.487 e. The first-order chi connectivity index (χ1) is 10.6. The largest absolute Gasteiger partial charge is 0.487 e. The molecule has 0 amide bonds. The summed E-state index contributed by atoms with van der Waals surface area (Å²) < 4.78 is 6.15. The van der Waals surface area contributed by atoms with Gasteiger partial charge in [0.1, 0.15) is 11.4 Å². The summed E-state index contributed by atoms with van der Waals surface area (Å²) in [6.07, 6.45) is 6.49. The summed E-state index contributed by atoms with van der Waals surface area (Å²) in [5, 5.41) is 3.94. The second-order valence-corrected chi connectivity index (χ2v) is 7.86. The van der Waals surface area contributed by atoms with Gasteiger partial charge in [-0.1, -0.05) is 18.2 Å². The third-order valence-electron chi connectivity index (χ3n) is 5.41. The first-order valence-electron chi connectivity index (χ1n) is 8.89. The van der Waals surface area contributed by atoms with Crippen molar-refractivity contribution in [2.24, 2.45) is 0 Å². The van der Waals surface area contributed by atoms with Gasteiger partial charge in [-0.2, -0.15) is 0 Å². The number of benzene rings is 1. The third-order valence-corrected chi connectivity index (χ3v) is 5.41. The Kier molecular flexibility index (Phi) is 3.66. The number of hydrogen-bond donors (Lipinski definition) is 1. The summed E-state index contributed by atoms with van der Waals surface area (Å²) >= 11 is 0. The smallest absolute Gasteiger partial charge is 0.124 e. The first-order valence-corrected chi connectivity index (χ1v) is 8.89. The molecule has 0 radical (unpaired) electrons. The van der Waals surface area contributed by atoms with E-state index in [1.165, 1.54) is 44.3 Å². The van der Waals surface area contributed by atoms with Gasteiger partial charge in [0.2, 0.25) is 0 Å². The molecule has 0 aromatic heterocycles. The zero-order chi connectivity index (χ0) is 15.2. The monoisotopic (exact) mass is 300 g/mol. The zero-order valence-corrected chi connectivity index (χ0v) is 13.8. The fraction of sp³-hybridized carbons (Fsp3) is 0.684. The molecule has 4 rings (SSSR count). The van der Waals surface area contributed by atoms with Crippen LogP contribution in [0.4, 0.5) is 0 Å². The van der Waals surface area contributed by atoms with Crippen molar-refractivity contribution in [1.29, 1.82) is 0 Å². The average molecular weight is 300 g/mol. The molecule has 2 heterocycles. The number of fused-ring (bicyclic) bond motifs is 1. The van der Waals surface area contributed by atoms with Gasteiger partial charge in [-0.3, -0.25) is 0 Å². The zero-order valence-electron chi connectivity index (χ0n) is 13.8. The van der Waals surface area contributed by atoms with E-state index in [1.54, 1.807) is 0 Å². The molecule has 3 aliphatic rings. The van der Waals surface area contributed by atoms with Crippen LogP contribution in [0.3, 0.4) is 0 Å². The number of nitrogens with zero attached hydrogens (tertiary/aromatic N) is 1. The van der Waals surface area contributed by atoms with Crippen molar-refractivity contribution in [3.8, 4) is 5.75 Å². The van der Waals surface area contributed by atoms with Crippen molar-refractivity contribution in [1.82, 2.24) is 10.2 Å². The van der Waals surface area contributed by atoms with Gasteiger partial charge in [-0.25, -0.2) is 0 Å². The van der Waals surface area contributed by atoms with Crippen LogP contribution in [0.1, 0.15) is 57.6 Å². The van der Waals surface area contributed by atoms with E-state index >= 15 is 0 Å². The number of likely N-dealkylation sites (tertiary alicyclic amines) is 1. The van der Waals surface area contributed by atoms with Gasteiger partial charge in [-0.05, 0) is 58.7 Å². The Labute approximate surface area is 134 Å². The van der Waals surface area contributed by atoms with Crippen LogP contribution in [-0.2, 0) is 0 Å². The van der Waals surface area contributed by atoms with Crippen LogP contribution in [0.5, 0.6) is 5.75 Å². The molecule has 22 heavy (non-hydrogen) atoms. The molecule has 1 saturated heterocycles. The Morgan fingerprint density at radius 3 is 2.55 bits per heavy atom. The number of para-hydroxylation sites is 1. The maximum Gasteiger partial charge on any atom is 0.124 e. The molecule has 3 nitrogen and oxygen atoms in total. The standard InChI is InChI=1S/C19H28N2O/c1-19(2)13-17(16-5-3-4-6-18(16)22-19)20-14-9-11-21(12-10-14)15-7-8-15/h3-6,14-15,17,20H,7-13H2,1-2H3/t17-/m0/s1. The lowest BCUT2D eigenvalue weighted by Crippen LogP contribution is -2.47. The molecule has 1 atom stereocenters. The van der Waals surface area contributed by atoms with Crippen molar-refractivity contribution >= 4 is 0 Å². The molecule has 0 unspecified atom stereocenters. The highest BCUT2D eigenvalue weighted by Gasteiger charge is 2.36. The summed E-state index contributed by atoms with van der Waals surface area (Å²) in [6, 6.07) is 10.5. The average Bonchev–Trinajstić information content (AvgIpc) is 3.31. The molecule has 1 N–H and O–H groups in total.